The normalized spacial score (nSPS) is 20.5. The number of amidine groups is 1. The van der Waals surface area contributed by atoms with E-state index >= 15 is 0 Å². The maximum absolute atomic E-state index is 12.1. The second-order valence-electron chi connectivity index (χ2n) is 4.64. The molecule has 0 saturated carbocycles. The summed E-state index contributed by atoms with van der Waals surface area (Å²) in [4.78, 5) is 4.41. The van der Waals surface area contributed by atoms with Gasteiger partial charge in [-0.3, -0.25) is 5.01 Å². The van der Waals surface area contributed by atoms with Gasteiger partial charge in [0, 0.05) is 11.8 Å². The summed E-state index contributed by atoms with van der Waals surface area (Å²) in [6.45, 7) is -1.30. The summed E-state index contributed by atoms with van der Waals surface area (Å²) in [5, 5.41) is 1.58. The number of rotatable bonds is 3. The van der Waals surface area contributed by atoms with E-state index in [-0.39, 0.29) is 10.8 Å². The lowest BCUT2D eigenvalue weighted by atomic mass is 10.0. The van der Waals surface area contributed by atoms with Crippen LogP contribution >= 0.6 is 15.9 Å². The molecule has 3 rings (SSSR count). The standard InChI is InChI=1S/C14H11BrF3N3O/c15-13-19-12-11(2-1-7-21(12)20-13)9-3-5-10(6-4-9)22-8-14(16,17)18/h1-7,13,20H,8H2. The quantitative estimate of drug-likeness (QED) is 0.651. The van der Waals surface area contributed by atoms with Crippen LogP contribution in [0.3, 0.4) is 0 Å². The minimum Gasteiger partial charge on any atom is -0.484 e. The van der Waals surface area contributed by atoms with E-state index in [0.29, 0.717) is 0 Å². The maximum Gasteiger partial charge on any atom is 0.422 e. The molecule has 1 atom stereocenters. The molecule has 2 aliphatic heterocycles. The summed E-state index contributed by atoms with van der Waals surface area (Å²) in [6, 6.07) is 6.44. The van der Waals surface area contributed by atoms with Gasteiger partial charge >= 0.3 is 6.18 Å². The fourth-order valence-electron chi connectivity index (χ4n) is 2.11. The second kappa shape index (κ2) is 5.77. The monoisotopic (exact) mass is 373 g/mol. The maximum atomic E-state index is 12.1. The van der Waals surface area contributed by atoms with Gasteiger partial charge in [0.15, 0.2) is 17.5 Å². The van der Waals surface area contributed by atoms with Crippen LogP contribution in [0, 0.1) is 0 Å². The Labute approximate surface area is 133 Å². The number of benzene rings is 1. The van der Waals surface area contributed by atoms with E-state index in [1.54, 1.807) is 17.1 Å². The zero-order valence-electron chi connectivity index (χ0n) is 11.1. The summed E-state index contributed by atoms with van der Waals surface area (Å²) in [5.74, 6) is 0.920. The highest BCUT2D eigenvalue weighted by molar-refractivity contribution is 9.09. The molecule has 1 aromatic carbocycles. The highest BCUT2D eigenvalue weighted by atomic mass is 79.9. The van der Waals surface area contributed by atoms with E-state index in [2.05, 4.69) is 26.3 Å². The number of halogens is 4. The zero-order valence-corrected chi connectivity index (χ0v) is 12.7. The summed E-state index contributed by atoms with van der Waals surface area (Å²) in [5.41, 5.74) is 4.79. The molecule has 0 amide bonds. The lowest BCUT2D eigenvalue weighted by Crippen LogP contribution is -2.35. The zero-order chi connectivity index (χ0) is 15.7. The molecule has 1 N–H and O–H groups in total. The molecule has 1 unspecified atom stereocenters. The Bertz CT molecular complexity index is 652. The van der Waals surface area contributed by atoms with E-state index in [1.807, 2.05) is 18.4 Å². The summed E-state index contributed by atoms with van der Waals surface area (Å²) in [7, 11) is 0. The number of hydrazine groups is 1. The van der Waals surface area contributed by atoms with E-state index in [1.165, 1.54) is 12.1 Å². The third-order valence-electron chi connectivity index (χ3n) is 3.02. The number of aliphatic imine (C=N–C) groups is 1. The second-order valence-corrected chi connectivity index (χ2v) is 5.51. The van der Waals surface area contributed by atoms with Crippen LogP contribution in [0.1, 0.15) is 5.56 Å². The van der Waals surface area contributed by atoms with Crippen LogP contribution in [-0.4, -0.2) is 28.7 Å². The van der Waals surface area contributed by atoms with Gasteiger partial charge in [0.2, 0.25) is 0 Å². The Balaban J connectivity index is 1.77. The molecular formula is C14H11BrF3N3O. The smallest absolute Gasteiger partial charge is 0.422 e. The number of nitrogens with zero attached hydrogens (tertiary/aromatic N) is 2. The van der Waals surface area contributed by atoms with Gasteiger partial charge in [0.05, 0.1) is 0 Å². The van der Waals surface area contributed by atoms with Crippen molar-refractivity contribution in [3.05, 3.63) is 48.2 Å². The number of hydrogen-bond acceptors (Lipinski definition) is 4. The SMILES string of the molecule is FC(F)(F)COc1ccc(C2=CC=CN3NC(Br)N=C23)cc1. The Hall–Kier alpha value is -1.80. The van der Waals surface area contributed by atoms with E-state index in [0.717, 1.165) is 17.0 Å². The average molecular weight is 374 g/mol. The highest BCUT2D eigenvalue weighted by Crippen LogP contribution is 2.27. The lowest BCUT2D eigenvalue weighted by molar-refractivity contribution is -0.153. The molecule has 22 heavy (non-hydrogen) atoms. The molecule has 4 nitrogen and oxygen atoms in total. The number of ether oxygens (including phenoxy) is 1. The van der Waals surface area contributed by atoms with E-state index < -0.39 is 12.8 Å². The first-order valence-corrected chi connectivity index (χ1v) is 7.30. The van der Waals surface area contributed by atoms with Crippen molar-refractivity contribution < 1.29 is 17.9 Å². The van der Waals surface area contributed by atoms with Crippen LogP contribution in [0.4, 0.5) is 13.2 Å². The largest absolute Gasteiger partial charge is 0.484 e. The lowest BCUT2D eigenvalue weighted by Gasteiger charge is -2.21. The van der Waals surface area contributed by atoms with Crippen LogP contribution in [0.2, 0.25) is 0 Å². The summed E-state index contributed by atoms with van der Waals surface area (Å²) in [6.07, 6.45) is 1.25. The number of nitrogens with one attached hydrogen (secondary N) is 1. The Kier molecular flexibility index (Phi) is 3.96. The minimum atomic E-state index is -4.34. The van der Waals surface area contributed by atoms with E-state index in [9.17, 15) is 13.2 Å². The summed E-state index contributed by atoms with van der Waals surface area (Å²) < 4.78 is 41.1. The predicted molar refractivity (Wildman–Crippen MR) is 80.2 cm³/mol. The van der Waals surface area contributed by atoms with Crippen molar-refractivity contribution >= 4 is 27.3 Å². The van der Waals surface area contributed by atoms with Gasteiger partial charge in [0.1, 0.15) is 5.75 Å². The Morgan fingerprint density at radius 2 is 2.00 bits per heavy atom. The average Bonchev–Trinajstić information content (AvgIpc) is 2.85. The molecule has 0 aromatic heterocycles. The molecular weight excluding hydrogens is 363 g/mol. The van der Waals surface area contributed by atoms with Crippen molar-refractivity contribution in [3.63, 3.8) is 0 Å². The summed E-state index contributed by atoms with van der Waals surface area (Å²) >= 11 is 3.35. The van der Waals surface area contributed by atoms with Crippen LogP contribution < -0.4 is 10.2 Å². The first-order valence-electron chi connectivity index (χ1n) is 6.38. The Morgan fingerprint density at radius 3 is 2.68 bits per heavy atom. The van der Waals surface area contributed by atoms with Crippen molar-refractivity contribution in [2.75, 3.05) is 6.61 Å². The van der Waals surface area contributed by atoms with Gasteiger partial charge in [-0.05, 0) is 45.8 Å². The molecule has 8 heteroatoms. The van der Waals surface area contributed by atoms with Crippen molar-refractivity contribution in [2.24, 2.45) is 4.99 Å². The number of allylic oxidation sites excluding steroid dienone is 2. The molecule has 0 saturated heterocycles. The van der Waals surface area contributed by atoms with Gasteiger partial charge in [-0.1, -0.05) is 12.1 Å². The predicted octanol–water partition coefficient (Wildman–Crippen LogP) is 3.44. The molecule has 1 aromatic rings. The van der Waals surface area contributed by atoms with Gasteiger partial charge in [-0.2, -0.15) is 18.6 Å². The molecule has 0 radical (unpaired) electrons. The molecule has 0 bridgehead atoms. The number of fused-ring (bicyclic) bond motifs is 1. The first-order chi connectivity index (χ1) is 10.4. The van der Waals surface area contributed by atoms with Gasteiger partial charge in [-0.15, -0.1) is 0 Å². The fraction of sp³-hybridized carbons (Fsp3) is 0.214. The van der Waals surface area contributed by atoms with E-state index in [4.69, 9.17) is 4.74 Å². The number of alkyl halides is 4. The van der Waals surface area contributed by atoms with Gasteiger partial charge < -0.3 is 4.74 Å². The van der Waals surface area contributed by atoms with Gasteiger partial charge in [-0.25, -0.2) is 4.99 Å². The van der Waals surface area contributed by atoms with Crippen molar-refractivity contribution in [1.29, 1.82) is 0 Å². The Morgan fingerprint density at radius 1 is 1.27 bits per heavy atom. The van der Waals surface area contributed by atoms with Crippen LogP contribution in [0.15, 0.2) is 47.6 Å². The molecule has 0 spiro atoms. The van der Waals surface area contributed by atoms with Gasteiger partial charge in [0.25, 0.3) is 0 Å². The van der Waals surface area contributed by atoms with Crippen molar-refractivity contribution in [2.45, 2.75) is 11.3 Å². The minimum absolute atomic E-state index is 0.176. The fourth-order valence-corrected chi connectivity index (χ4v) is 2.52. The molecule has 116 valence electrons. The van der Waals surface area contributed by atoms with Crippen molar-refractivity contribution in [1.82, 2.24) is 10.4 Å². The first kappa shape index (κ1) is 15.1. The van der Waals surface area contributed by atoms with Crippen LogP contribution in [0.25, 0.3) is 5.57 Å². The molecule has 0 fully saturated rings. The highest BCUT2D eigenvalue weighted by Gasteiger charge is 2.29. The molecule has 2 aliphatic rings. The molecule has 0 aliphatic carbocycles. The number of hydrogen-bond donors (Lipinski definition) is 1. The van der Waals surface area contributed by atoms with Crippen molar-refractivity contribution in [3.8, 4) is 5.75 Å². The third-order valence-corrected chi connectivity index (χ3v) is 3.43. The van der Waals surface area contributed by atoms with Crippen LogP contribution in [0.5, 0.6) is 5.75 Å². The topological polar surface area (TPSA) is 36.9 Å². The molecule has 2 heterocycles. The van der Waals surface area contributed by atoms with Crippen LogP contribution in [-0.2, 0) is 0 Å². The third kappa shape index (κ3) is 3.33.